The van der Waals surface area contributed by atoms with Crippen LogP contribution in [0, 0.1) is 0 Å². The van der Waals surface area contributed by atoms with Crippen molar-refractivity contribution in [1.82, 2.24) is 29.8 Å². The first-order valence-electron chi connectivity index (χ1n) is 9.54. The third-order valence-corrected chi connectivity index (χ3v) is 4.82. The molecule has 4 heterocycles. The van der Waals surface area contributed by atoms with E-state index >= 15 is 0 Å². The van der Waals surface area contributed by atoms with Crippen molar-refractivity contribution in [2.45, 2.75) is 25.9 Å². The minimum atomic E-state index is 0.277. The number of piperazine rings is 1. The predicted octanol–water partition coefficient (Wildman–Crippen LogP) is 1.97. The van der Waals surface area contributed by atoms with Crippen LogP contribution < -0.4 is 15.5 Å². The van der Waals surface area contributed by atoms with Crippen LogP contribution in [-0.2, 0) is 4.74 Å². The van der Waals surface area contributed by atoms with Crippen LogP contribution in [0.3, 0.4) is 0 Å². The molecule has 3 aromatic heterocycles. The van der Waals surface area contributed by atoms with E-state index in [4.69, 9.17) is 4.74 Å². The van der Waals surface area contributed by atoms with E-state index in [1.165, 1.54) is 0 Å². The fourth-order valence-corrected chi connectivity index (χ4v) is 3.43. The van der Waals surface area contributed by atoms with E-state index in [1.54, 1.807) is 19.5 Å². The smallest absolute Gasteiger partial charge is 0.227 e. The summed E-state index contributed by atoms with van der Waals surface area (Å²) in [5, 5.41) is 6.74. The Kier molecular flexibility index (Phi) is 5.36. The first-order chi connectivity index (χ1) is 13.6. The second kappa shape index (κ2) is 8.07. The number of hydrogen-bond acceptors (Lipinski definition) is 8. The number of hydrogen-bond donors (Lipinski definition) is 2. The zero-order valence-electron chi connectivity index (χ0n) is 16.5. The van der Waals surface area contributed by atoms with Gasteiger partial charge in [-0.1, -0.05) is 0 Å². The van der Waals surface area contributed by atoms with Crippen molar-refractivity contribution in [2.75, 3.05) is 43.6 Å². The summed E-state index contributed by atoms with van der Waals surface area (Å²) in [4.78, 5) is 20.2. The summed E-state index contributed by atoms with van der Waals surface area (Å²) in [6, 6.07) is 4.46. The molecule has 1 atom stereocenters. The Morgan fingerprint density at radius 3 is 3.00 bits per heavy atom. The van der Waals surface area contributed by atoms with Crippen molar-refractivity contribution in [1.29, 1.82) is 0 Å². The number of nitrogens with one attached hydrogen (secondary N) is 2. The number of fused-ring (bicyclic) bond motifs is 1. The molecule has 0 spiro atoms. The van der Waals surface area contributed by atoms with Crippen LogP contribution in [0.2, 0.25) is 0 Å². The standard InChI is InChI=1S/C19H26N8O/c1-13(2)27-12-23-15-9-22-18(8-16(15)27)24-17-4-5-21-19(25-17)26-7-6-20-14(10-26)11-28-3/h4-5,8-9,12-14,20H,6-7,10-11H2,1-3H3,(H,21,22,24,25). The van der Waals surface area contributed by atoms with Crippen molar-refractivity contribution < 1.29 is 4.74 Å². The summed E-state index contributed by atoms with van der Waals surface area (Å²) >= 11 is 0. The zero-order valence-corrected chi connectivity index (χ0v) is 16.5. The van der Waals surface area contributed by atoms with Crippen LogP contribution in [0.5, 0.6) is 0 Å². The van der Waals surface area contributed by atoms with Crippen LogP contribution in [0.4, 0.5) is 17.6 Å². The maximum absolute atomic E-state index is 5.27. The Morgan fingerprint density at radius 2 is 2.18 bits per heavy atom. The van der Waals surface area contributed by atoms with Crippen LogP contribution in [0.1, 0.15) is 19.9 Å². The second-order valence-electron chi connectivity index (χ2n) is 7.22. The molecular weight excluding hydrogens is 356 g/mol. The highest BCUT2D eigenvalue weighted by atomic mass is 16.5. The molecule has 0 aliphatic carbocycles. The number of pyridine rings is 1. The van der Waals surface area contributed by atoms with Gasteiger partial charge in [0.05, 0.1) is 24.6 Å². The molecule has 0 saturated carbocycles. The lowest BCUT2D eigenvalue weighted by molar-refractivity contribution is 0.163. The molecule has 0 radical (unpaired) electrons. The monoisotopic (exact) mass is 382 g/mol. The average molecular weight is 382 g/mol. The molecule has 1 aliphatic heterocycles. The van der Waals surface area contributed by atoms with E-state index in [2.05, 4.69) is 53.9 Å². The number of methoxy groups -OCH3 is 1. The van der Waals surface area contributed by atoms with Crippen molar-refractivity contribution >= 4 is 28.6 Å². The molecule has 2 N–H and O–H groups in total. The molecule has 1 saturated heterocycles. The molecule has 1 aliphatic rings. The molecule has 1 unspecified atom stereocenters. The number of ether oxygens (including phenoxy) is 1. The second-order valence-corrected chi connectivity index (χ2v) is 7.22. The van der Waals surface area contributed by atoms with Gasteiger partial charge in [-0.2, -0.15) is 4.98 Å². The molecule has 0 amide bonds. The molecule has 0 aromatic carbocycles. The lowest BCUT2D eigenvalue weighted by Crippen LogP contribution is -2.53. The van der Waals surface area contributed by atoms with Gasteiger partial charge < -0.3 is 24.8 Å². The minimum Gasteiger partial charge on any atom is -0.383 e. The predicted molar refractivity (Wildman–Crippen MR) is 109 cm³/mol. The fourth-order valence-electron chi connectivity index (χ4n) is 3.43. The maximum Gasteiger partial charge on any atom is 0.227 e. The van der Waals surface area contributed by atoms with Crippen LogP contribution in [-0.4, -0.2) is 63.9 Å². The van der Waals surface area contributed by atoms with Gasteiger partial charge in [0, 0.05) is 51.1 Å². The Bertz CT molecular complexity index is 939. The summed E-state index contributed by atoms with van der Waals surface area (Å²) in [5.41, 5.74) is 1.93. The molecular formula is C19H26N8O. The third-order valence-electron chi connectivity index (χ3n) is 4.82. The highest BCUT2D eigenvalue weighted by Gasteiger charge is 2.21. The molecule has 3 aromatic rings. The molecule has 28 heavy (non-hydrogen) atoms. The van der Waals surface area contributed by atoms with Crippen molar-refractivity contribution in [3.8, 4) is 0 Å². The summed E-state index contributed by atoms with van der Waals surface area (Å²) < 4.78 is 7.39. The van der Waals surface area contributed by atoms with Gasteiger partial charge in [-0.15, -0.1) is 0 Å². The summed E-state index contributed by atoms with van der Waals surface area (Å²) in [6.45, 7) is 7.50. The van der Waals surface area contributed by atoms with Gasteiger partial charge >= 0.3 is 0 Å². The summed E-state index contributed by atoms with van der Waals surface area (Å²) in [7, 11) is 1.72. The van der Waals surface area contributed by atoms with Gasteiger partial charge in [0.25, 0.3) is 0 Å². The SMILES string of the molecule is COCC1CN(c2nccc(Nc3cc4c(cn3)ncn4C(C)C)n2)CCN1. The number of anilines is 3. The normalized spacial score (nSPS) is 17.4. The Morgan fingerprint density at radius 1 is 1.29 bits per heavy atom. The van der Waals surface area contributed by atoms with E-state index < -0.39 is 0 Å². The first-order valence-corrected chi connectivity index (χ1v) is 9.54. The Balaban J connectivity index is 1.53. The minimum absolute atomic E-state index is 0.277. The lowest BCUT2D eigenvalue weighted by Gasteiger charge is -2.33. The van der Waals surface area contributed by atoms with Crippen LogP contribution in [0.15, 0.2) is 30.9 Å². The number of imidazole rings is 1. The fraction of sp³-hybridized carbons (Fsp3) is 0.474. The van der Waals surface area contributed by atoms with Gasteiger partial charge in [-0.05, 0) is 19.9 Å². The van der Waals surface area contributed by atoms with Gasteiger partial charge in [-0.3, -0.25) is 0 Å². The molecule has 0 bridgehead atoms. The summed E-state index contributed by atoms with van der Waals surface area (Å²) in [6.07, 6.45) is 5.41. The van der Waals surface area contributed by atoms with Crippen molar-refractivity contribution in [3.63, 3.8) is 0 Å². The average Bonchev–Trinajstić information content (AvgIpc) is 3.12. The van der Waals surface area contributed by atoms with E-state index in [0.717, 1.165) is 36.5 Å². The maximum atomic E-state index is 5.27. The lowest BCUT2D eigenvalue weighted by atomic mass is 10.2. The number of nitrogens with zero attached hydrogens (tertiary/aromatic N) is 6. The van der Waals surface area contributed by atoms with E-state index in [0.29, 0.717) is 24.4 Å². The third kappa shape index (κ3) is 3.90. The first kappa shape index (κ1) is 18.6. The van der Waals surface area contributed by atoms with Gasteiger partial charge in [0.2, 0.25) is 5.95 Å². The molecule has 9 nitrogen and oxygen atoms in total. The van der Waals surface area contributed by atoms with E-state index in [9.17, 15) is 0 Å². The highest BCUT2D eigenvalue weighted by Crippen LogP contribution is 2.22. The number of rotatable bonds is 6. The Hall–Kier alpha value is -2.78. The van der Waals surface area contributed by atoms with Gasteiger partial charge in [0.15, 0.2) is 0 Å². The van der Waals surface area contributed by atoms with Crippen LogP contribution in [0.25, 0.3) is 11.0 Å². The van der Waals surface area contributed by atoms with Crippen molar-refractivity contribution in [3.05, 3.63) is 30.9 Å². The van der Waals surface area contributed by atoms with Crippen molar-refractivity contribution in [2.24, 2.45) is 0 Å². The van der Waals surface area contributed by atoms with E-state index in [1.807, 2.05) is 18.5 Å². The molecule has 4 rings (SSSR count). The summed E-state index contributed by atoms with van der Waals surface area (Å²) in [5.74, 6) is 2.16. The molecule has 148 valence electrons. The zero-order chi connectivity index (χ0) is 19.5. The Labute approximate surface area is 164 Å². The number of aromatic nitrogens is 5. The molecule has 1 fully saturated rings. The highest BCUT2D eigenvalue weighted by molar-refractivity contribution is 5.78. The quantitative estimate of drug-likeness (QED) is 0.668. The topological polar surface area (TPSA) is 93.0 Å². The largest absolute Gasteiger partial charge is 0.383 e. The van der Waals surface area contributed by atoms with Gasteiger partial charge in [-0.25, -0.2) is 15.0 Å². The van der Waals surface area contributed by atoms with E-state index in [-0.39, 0.29) is 6.04 Å². The molecule has 9 heteroatoms. The van der Waals surface area contributed by atoms with Crippen LogP contribution >= 0.6 is 0 Å². The van der Waals surface area contributed by atoms with Gasteiger partial charge in [0.1, 0.15) is 17.2 Å².